The van der Waals surface area contributed by atoms with Crippen molar-refractivity contribution in [2.24, 2.45) is 0 Å². The van der Waals surface area contributed by atoms with Crippen molar-refractivity contribution in [3.05, 3.63) is 46.3 Å². The Balaban J connectivity index is 1.52. The number of carbonyl (C=O) groups is 1. The van der Waals surface area contributed by atoms with E-state index in [1.807, 2.05) is 0 Å². The van der Waals surface area contributed by atoms with Gasteiger partial charge in [-0.2, -0.15) is 0 Å². The normalized spacial score (nSPS) is 16.0. The van der Waals surface area contributed by atoms with Crippen LogP contribution in [0.3, 0.4) is 0 Å². The van der Waals surface area contributed by atoms with Gasteiger partial charge in [0, 0.05) is 12.6 Å². The average molecular weight is 328 g/mol. The van der Waals surface area contributed by atoms with Crippen LogP contribution in [0.25, 0.3) is 11.0 Å². The third kappa shape index (κ3) is 4.23. The second-order valence-corrected chi connectivity index (χ2v) is 6.34. The van der Waals surface area contributed by atoms with E-state index in [0.29, 0.717) is 17.5 Å². The first-order valence-electron chi connectivity index (χ1n) is 8.77. The standard InChI is InChI=1S/C19H24N2O3/c22-16-14-18(24-17-9-4-3-8-15(16)17)19(23)20-10-7-13-21-11-5-1-2-6-12-21/h3-4,8-9,14H,1-2,5-7,10-13H2,(H,20,23). The number of likely N-dealkylation sites (tertiary alicyclic amines) is 1. The summed E-state index contributed by atoms with van der Waals surface area (Å²) in [6.45, 7) is 3.91. The number of hydrogen-bond acceptors (Lipinski definition) is 4. The third-order valence-corrected chi connectivity index (χ3v) is 4.49. The first kappa shape index (κ1) is 16.7. The van der Waals surface area contributed by atoms with Crippen molar-refractivity contribution in [1.29, 1.82) is 0 Å². The van der Waals surface area contributed by atoms with E-state index in [2.05, 4.69) is 10.2 Å². The molecule has 0 aliphatic carbocycles. The van der Waals surface area contributed by atoms with Crippen molar-refractivity contribution in [3.63, 3.8) is 0 Å². The molecule has 1 aliphatic rings. The summed E-state index contributed by atoms with van der Waals surface area (Å²) in [4.78, 5) is 26.7. The Labute approximate surface area is 141 Å². The zero-order valence-electron chi connectivity index (χ0n) is 13.9. The summed E-state index contributed by atoms with van der Waals surface area (Å²) in [5.41, 5.74) is 0.256. The molecule has 0 unspecified atom stereocenters. The van der Waals surface area contributed by atoms with Crippen LogP contribution in [0.2, 0.25) is 0 Å². The van der Waals surface area contributed by atoms with E-state index in [1.54, 1.807) is 24.3 Å². The molecule has 1 aromatic carbocycles. The van der Waals surface area contributed by atoms with E-state index in [4.69, 9.17) is 4.42 Å². The van der Waals surface area contributed by atoms with Crippen LogP contribution in [0.5, 0.6) is 0 Å². The van der Waals surface area contributed by atoms with Crippen molar-refractivity contribution in [2.45, 2.75) is 32.1 Å². The van der Waals surface area contributed by atoms with Crippen LogP contribution < -0.4 is 10.7 Å². The van der Waals surface area contributed by atoms with Crippen LogP contribution in [0, 0.1) is 0 Å². The lowest BCUT2D eigenvalue weighted by Crippen LogP contribution is -2.31. The summed E-state index contributed by atoms with van der Waals surface area (Å²) in [5, 5.41) is 3.34. The maximum atomic E-state index is 12.2. The van der Waals surface area contributed by atoms with Gasteiger partial charge in [0.2, 0.25) is 0 Å². The fourth-order valence-electron chi connectivity index (χ4n) is 3.17. The molecule has 1 fully saturated rings. The van der Waals surface area contributed by atoms with Gasteiger partial charge in [0.15, 0.2) is 11.2 Å². The highest BCUT2D eigenvalue weighted by Crippen LogP contribution is 2.12. The monoisotopic (exact) mass is 328 g/mol. The van der Waals surface area contributed by atoms with Gasteiger partial charge >= 0.3 is 0 Å². The van der Waals surface area contributed by atoms with E-state index >= 15 is 0 Å². The maximum absolute atomic E-state index is 12.2. The van der Waals surface area contributed by atoms with Crippen LogP contribution >= 0.6 is 0 Å². The molecule has 1 aromatic heterocycles. The molecule has 24 heavy (non-hydrogen) atoms. The van der Waals surface area contributed by atoms with E-state index in [9.17, 15) is 9.59 Å². The van der Waals surface area contributed by atoms with Gasteiger partial charge in [-0.05, 0) is 51.0 Å². The van der Waals surface area contributed by atoms with Gasteiger partial charge in [-0.3, -0.25) is 9.59 Å². The molecule has 3 rings (SSSR count). The summed E-state index contributed by atoms with van der Waals surface area (Å²) < 4.78 is 5.55. The molecule has 1 N–H and O–H groups in total. The van der Waals surface area contributed by atoms with Crippen molar-refractivity contribution in [1.82, 2.24) is 10.2 Å². The van der Waals surface area contributed by atoms with Crippen LogP contribution in [0.1, 0.15) is 42.7 Å². The zero-order chi connectivity index (χ0) is 16.8. The molecule has 1 saturated heterocycles. The van der Waals surface area contributed by atoms with E-state index in [0.717, 1.165) is 26.1 Å². The molecule has 0 spiro atoms. The summed E-state index contributed by atoms with van der Waals surface area (Å²) in [7, 11) is 0. The SMILES string of the molecule is O=C(NCCCN1CCCCCC1)c1cc(=O)c2ccccc2o1. The molecule has 0 atom stereocenters. The molecule has 0 saturated carbocycles. The van der Waals surface area contributed by atoms with Gasteiger partial charge in [-0.15, -0.1) is 0 Å². The molecule has 5 heteroatoms. The lowest BCUT2D eigenvalue weighted by atomic mass is 10.2. The summed E-state index contributed by atoms with van der Waals surface area (Å²) in [6, 6.07) is 8.24. The number of fused-ring (bicyclic) bond motifs is 1. The molecule has 1 aliphatic heterocycles. The second-order valence-electron chi connectivity index (χ2n) is 6.34. The number of benzene rings is 1. The minimum absolute atomic E-state index is 0.0773. The number of nitrogens with one attached hydrogen (secondary N) is 1. The zero-order valence-corrected chi connectivity index (χ0v) is 13.9. The van der Waals surface area contributed by atoms with Gasteiger partial charge in [-0.1, -0.05) is 25.0 Å². The summed E-state index contributed by atoms with van der Waals surface area (Å²) in [6.07, 6.45) is 6.11. The minimum Gasteiger partial charge on any atom is -0.451 e. The number of nitrogens with zero attached hydrogens (tertiary/aromatic N) is 1. The van der Waals surface area contributed by atoms with Gasteiger partial charge in [0.05, 0.1) is 5.39 Å². The Kier molecular flexibility index (Phi) is 5.64. The lowest BCUT2D eigenvalue weighted by molar-refractivity contribution is 0.0924. The Hall–Kier alpha value is -2.14. The van der Waals surface area contributed by atoms with Crippen molar-refractivity contribution < 1.29 is 9.21 Å². The molecule has 2 aromatic rings. The highest BCUT2D eigenvalue weighted by atomic mass is 16.3. The highest BCUT2D eigenvalue weighted by molar-refractivity contribution is 5.93. The first-order valence-corrected chi connectivity index (χ1v) is 8.77. The molecule has 128 valence electrons. The Bertz CT molecular complexity index is 746. The fraction of sp³-hybridized carbons (Fsp3) is 0.474. The first-order chi connectivity index (χ1) is 11.7. The average Bonchev–Trinajstić information content (AvgIpc) is 2.87. The Morgan fingerprint density at radius 3 is 2.67 bits per heavy atom. The van der Waals surface area contributed by atoms with E-state index in [-0.39, 0.29) is 17.1 Å². The molecule has 5 nitrogen and oxygen atoms in total. The van der Waals surface area contributed by atoms with Crippen LogP contribution in [-0.2, 0) is 0 Å². The molecular formula is C19H24N2O3. The topological polar surface area (TPSA) is 62.6 Å². The number of amides is 1. The summed E-state index contributed by atoms with van der Waals surface area (Å²) in [5.74, 6) is -0.248. The van der Waals surface area contributed by atoms with Crippen molar-refractivity contribution in [3.8, 4) is 0 Å². The largest absolute Gasteiger partial charge is 0.451 e. The van der Waals surface area contributed by atoms with Crippen LogP contribution in [-0.4, -0.2) is 37.0 Å². The smallest absolute Gasteiger partial charge is 0.287 e. The Morgan fingerprint density at radius 1 is 1.12 bits per heavy atom. The predicted molar refractivity (Wildman–Crippen MR) is 94.3 cm³/mol. The fourth-order valence-corrected chi connectivity index (χ4v) is 3.17. The van der Waals surface area contributed by atoms with Crippen LogP contribution in [0.15, 0.2) is 39.5 Å². The number of para-hydroxylation sites is 1. The number of rotatable bonds is 5. The molecule has 0 radical (unpaired) electrons. The quantitative estimate of drug-likeness (QED) is 0.857. The van der Waals surface area contributed by atoms with Crippen LogP contribution in [0.4, 0.5) is 0 Å². The second kappa shape index (κ2) is 8.11. The van der Waals surface area contributed by atoms with E-state index in [1.165, 1.54) is 31.7 Å². The number of hydrogen-bond donors (Lipinski definition) is 1. The van der Waals surface area contributed by atoms with E-state index < -0.39 is 0 Å². The molecular weight excluding hydrogens is 304 g/mol. The maximum Gasteiger partial charge on any atom is 0.287 e. The Morgan fingerprint density at radius 2 is 1.88 bits per heavy atom. The van der Waals surface area contributed by atoms with Crippen molar-refractivity contribution in [2.75, 3.05) is 26.2 Å². The number of carbonyl (C=O) groups excluding carboxylic acids is 1. The molecule has 0 bridgehead atoms. The summed E-state index contributed by atoms with van der Waals surface area (Å²) >= 11 is 0. The van der Waals surface area contributed by atoms with Gasteiger partial charge < -0.3 is 14.6 Å². The predicted octanol–water partition coefficient (Wildman–Crippen LogP) is 2.79. The minimum atomic E-state index is -0.325. The van der Waals surface area contributed by atoms with Gasteiger partial charge in [0.1, 0.15) is 5.58 Å². The van der Waals surface area contributed by atoms with Crippen molar-refractivity contribution >= 4 is 16.9 Å². The molecule has 2 heterocycles. The lowest BCUT2D eigenvalue weighted by Gasteiger charge is -2.19. The van der Waals surface area contributed by atoms with Gasteiger partial charge in [-0.25, -0.2) is 0 Å². The third-order valence-electron chi connectivity index (χ3n) is 4.49. The van der Waals surface area contributed by atoms with Gasteiger partial charge in [0.25, 0.3) is 5.91 Å². The molecule has 1 amide bonds. The highest BCUT2D eigenvalue weighted by Gasteiger charge is 2.12.